The van der Waals surface area contributed by atoms with Crippen molar-refractivity contribution in [3.05, 3.63) is 35.6 Å². The number of carbonyl (C=O) groups is 1. The van der Waals surface area contributed by atoms with Crippen LogP contribution in [0.4, 0.5) is 4.39 Å². The second kappa shape index (κ2) is 3.85. The smallest absolute Gasteiger partial charge is 0.224 e. The van der Waals surface area contributed by atoms with Crippen molar-refractivity contribution in [2.24, 2.45) is 0 Å². The van der Waals surface area contributed by atoms with Gasteiger partial charge in [-0.2, -0.15) is 0 Å². The Hall–Kier alpha value is -1.38. The Kier molecular flexibility index (Phi) is 2.80. The zero-order valence-electron chi connectivity index (χ0n) is 6.80. The van der Waals surface area contributed by atoms with Gasteiger partial charge in [0, 0.05) is 7.05 Å². The number of hydrogen-bond donors (Lipinski definition) is 1. The summed E-state index contributed by atoms with van der Waals surface area (Å²) in [6.45, 7) is 0. The topological polar surface area (TPSA) is 29.1 Å². The summed E-state index contributed by atoms with van der Waals surface area (Å²) in [5.41, 5.74) is 0.428. The van der Waals surface area contributed by atoms with E-state index in [-0.39, 0.29) is 18.1 Å². The minimum absolute atomic E-state index is 0.100. The third-order valence-electron chi connectivity index (χ3n) is 1.59. The summed E-state index contributed by atoms with van der Waals surface area (Å²) in [6, 6.07) is 6.26. The first-order chi connectivity index (χ1) is 5.74. The molecule has 12 heavy (non-hydrogen) atoms. The van der Waals surface area contributed by atoms with Crippen LogP contribution in [0, 0.1) is 5.82 Å². The highest BCUT2D eigenvalue weighted by Crippen LogP contribution is 2.06. The molecule has 0 aromatic heterocycles. The van der Waals surface area contributed by atoms with Gasteiger partial charge in [0.2, 0.25) is 5.91 Å². The molecule has 1 amide bonds. The van der Waals surface area contributed by atoms with Gasteiger partial charge in [0.15, 0.2) is 0 Å². The third kappa shape index (κ3) is 2.05. The molecule has 0 heterocycles. The molecule has 2 nitrogen and oxygen atoms in total. The largest absolute Gasteiger partial charge is 0.359 e. The van der Waals surface area contributed by atoms with Gasteiger partial charge in [-0.05, 0) is 11.6 Å². The Morgan fingerprint density at radius 2 is 2.17 bits per heavy atom. The molecule has 0 spiro atoms. The summed E-state index contributed by atoms with van der Waals surface area (Å²) in [5.74, 6) is -0.513. The van der Waals surface area contributed by atoms with E-state index in [0.29, 0.717) is 5.56 Å². The van der Waals surface area contributed by atoms with E-state index in [1.54, 1.807) is 18.2 Å². The number of nitrogens with one attached hydrogen (secondary N) is 1. The van der Waals surface area contributed by atoms with E-state index in [2.05, 4.69) is 5.32 Å². The maximum atomic E-state index is 12.9. The van der Waals surface area contributed by atoms with Gasteiger partial charge in [0.25, 0.3) is 0 Å². The van der Waals surface area contributed by atoms with Crippen molar-refractivity contribution >= 4 is 5.91 Å². The molecule has 3 heteroatoms. The molecule has 0 aliphatic heterocycles. The van der Waals surface area contributed by atoms with Crippen LogP contribution in [0.1, 0.15) is 5.56 Å². The Bertz CT molecular complexity index is 286. The van der Waals surface area contributed by atoms with Crippen LogP contribution in [0.25, 0.3) is 0 Å². The number of likely N-dealkylation sites (N-methyl/N-ethyl adjacent to an activating group) is 1. The van der Waals surface area contributed by atoms with Crippen molar-refractivity contribution in [2.75, 3.05) is 7.05 Å². The van der Waals surface area contributed by atoms with Crippen molar-refractivity contribution in [2.45, 2.75) is 6.42 Å². The van der Waals surface area contributed by atoms with Crippen molar-refractivity contribution in [1.29, 1.82) is 0 Å². The molecule has 0 saturated heterocycles. The van der Waals surface area contributed by atoms with Crippen LogP contribution in [0.2, 0.25) is 0 Å². The van der Waals surface area contributed by atoms with Crippen LogP contribution < -0.4 is 5.32 Å². The normalized spacial score (nSPS) is 9.50. The SMILES string of the molecule is CNC(=O)Cc1ccccc1F. The lowest BCUT2D eigenvalue weighted by Gasteiger charge is -2.00. The van der Waals surface area contributed by atoms with Crippen LogP contribution in [0.15, 0.2) is 24.3 Å². The van der Waals surface area contributed by atoms with E-state index in [1.165, 1.54) is 13.1 Å². The third-order valence-corrected chi connectivity index (χ3v) is 1.59. The fourth-order valence-corrected chi connectivity index (χ4v) is 0.903. The van der Waals surface area contributed by atoms with Crippen LogP contribution in [-0.2, 0) is 11.2 Å². The zero-order valence-corrected chi connectivity index (χ0v) is 6.80. The van der Waals surface area contributed by atoms with Gasteiger partial charge in [-0.3, -0.25) is 4.79 Å². The first-order valence-corrected chi connectivity index (χ1v) is 3.68. The summed E-state index contributed by atoms with van der Waals surface area (Å²) in [7, 11) is 1.53. The van der Waals surface area contributed by atoms with Crippen molar-refractivity contribution in [3.63, 3.8) is 0 Å². The number of halogens is 1. The molecule has 1 rings (SSSR count). The van der Waals surface area contributed by atoms with E-state index < -0.39 is 0 Å². The lowest BCUT2D eigenvalue weighted by molar-refractivity contribution is -0.120. The van der Waals surface area contributed by atoms with E-state index in [0.717, 1.165) is 0 Å². The molecule has 0 atom stereocenters. The lowest BCUT2D eigenvalue weighted by Crippen LogP contribution is -2.20. The average molecular weight is 167 g/mol. The Balaban J connectivity index is 2.75. The molecule has 0 unspecified atom stereocenters. The summed E-state index contributed by atoms with van der Waals surface area (Å²) >= 11 is 0. The second-order valence-corrected chi connectivity index (χ2v) is 2.44. The molecule has 0 aliphatic rings. The quantitative estimate of drug-likeness (QED) is 0.702. The first kappa shape index (κ1) is 8.71. The Labute approximate surface area is 70.4 Å². The summed E-state index contributed by atoms with van der Waals surface area (Å²) in [4.78, 5) is 10.9. The average Bonchev–Trinajstić information content (AvgIpc) is 2.09. The van der Waals surface area contributed by atoms with Crippen molar-refractivity contribution < 1.29 is 9.18 Å². The summed E-state index contributed by atoms with van der Waals surface area (Å²) < 4.78 is 12.9. The van der Waals surface area contributed by atoms with Crippen LogP contribution >= 0.6 is 0 Å². The summed E-state index contributed by atoms with van der Waals surface area (Å²) in [6.07, 6.45) is 0.100. The number of benzene rings is 1. The fraction of sp³-hybridized carbons (Fsp3) is 0.222. The Morgan fingerprint density at radius 3 is 2.75 bits per heavy atom. The summed E-state index contributed by atoms with van der Waals surface area (Å²) in [5, 5.41) is 2.44. The maximum absolute atomic E-state index is 12.9. The highest BCUT2D eigenvalue weighted by Gasteiger charge is 2.04. The van der Waals surface area contributed by atoms with E-state index in [4.69, 9.17) is 0 Å². The van der Waals surface area contributed by atoms with Crippen LogP contribution in [-0.4, -0.2) is 13.0 Å². The monoisotopic (exact) mass is 167 g/mol. The lowest BCUT2D eigenvalue weighted by atomic mass is 10.1. The minimum atomic E-state index is -0.332. The van der Waals surface area contributed by atoms with Gasteiger partial charge >= 0.3 is 0 Å². The van der Waals surface area contributed by atoms with E-state index in [1.807, 2.05) is 0 Å². The first-order valence-electron chi connectivity index (χ1n) is 3.68. The predicted molar refractivity (Wildman–Crippen MR) is 44.2 cm³/mol. The van der Waals surface area contributed by atoms with Gasteiger partial charge in [0.1, 0.15) is 5.82 Å². The van der Waals surface area contributed by atoms with E-state index in [9.17, 15) is 9.18 Å². The van der Waals surface area contributed by atoms with Crippen molar-refractivity contribution in [1.82, 2.24) is 5.32 Å². The number of carbonyl (C=O) groups excluding carboxylic acids is 1. The molecular weight excluding hydrogens is 157 g/mol. The van der Waals surface area contributed by atoms with Gasteiger partial charge in [0.05, 0.1) is 6.42 Å². The molecule has 0 fully saturated rings. The molecule has 0 aliphatic carbocycles. The minimum Gasteiger partial charge on any atom is -0.359 e. The fourth-order valence-electron chi connectivity index (χ4n) is 0.903. The van der Waals surface area contributed by atoms with E-state index >= 15 is 0 Å². The number of rotatable bonds is 2. The van der Waals surface area contributed by atoms with Crippen molar-refractivity contribution in [3.8, 4) is 0 Å². The standard InChI is InChI=1S/C9H10FNO/c1-11-9(12)6-7-4-2-3-5-8(7)10/h2-5H,6H2,1H3,(H,11,12). The molecule has 1 aromatic rings. The molecule has 0 radical (unpaired) electrons. The molecule has 64 valence electrons. The van der Waals surface area contributed by atoms with Crippen LogP contribution in [0.5, 0.6) is 0 Å². The number of amides is 1. The molecule has 1 aromatic carbocycles. The molecule has 1 N–H and O–H groups in total. The molecule has 0 saturated carbocycles. The highest BCUT2D eigenvalue weighted by molar-refractivity contribution is 5.78. The number of hydrogen-bond acceptors (Lipinski definition) is 1. The highest BCUT2D eigenvalue weighted by atomic mass is 19.1. The predicted octanol–water partition coefficient (Wildman–Crippen LogP) is 1.11. The van der Waals surface area contributed by atoms with Gasteiger partial charge in [-0.25, -0.2) is 4.39 Å². The van der Waals surface area contributed by atoms with Gasteiger partial charge in [-0.1, -0.05) is 18.2 Å². The van der Waals surface area contributed by atoms with Gasteiger partial charge < -0.3 is 5.32 Å². The van der Waals surface area contributed by atoms with Crippen LogP contribution in [0.3, 0.4) is 0 Å². The molecule has 0 bridgehead atoms. The maximum Gasteiger partial charge on any atom is 0.224 e. The molecular formula is C9H10FNO. The zero-order chi connectivity index (χ0) is 8.97. The second-order valence-electron chi connectivity index (χ2n) is 2.44. The Morgan fingerprint density at radius 1 is 1.50 bits per heavy atom. The van der Waals surface area contributed by atoms with Gasteiger partial charge in [-0.15, -0.1) is 0 Å².